The van der Waals surface area contributed by atoms with Gasteiger partial charge in [-0.25, -0.2) is 0 Å². The summed E-state index contributed by atoms with van der Waals surface area (Å²) in [5.74, 6) is 0.458. The molecule has 3 aromatic carbocycles. The molecule has 4 nitrogen and oxygen atoms in total. The Bertz CT molecular complexity index is 1100. The molecule has 0 saturated carbocycles. The van der Waals surface area contributed by atoms with Gasteiger partial charge in [0.25, 0.3) is 0 Å². The number of halogens is 1. The largest absolute Gasteiger partial charge is 0.352 e. The molecule has 0 aromatic heterocycles. The van der Waals surface area contributed by atoms with Crippen LogP contribution in [0.1, 0.15) is 37.0 Å². The molecule has 0 aliphatic rings. The molecule has 1 N–H and O–H groups in total. The smallest absolute Gasteiger partial charge is 0.243 e. The molecular formula is C29H33ClN2O2S. The molecule has 0 heterocycles. The number of rotatable bonds is 11. The van der Waals surface area contributed by atoms with Crippen molar-refractivity contribution in [1.29, 1.82) is 0 Å². The molecule has 6 heteroatoms. The van der Waals surface area contributed by atoms with Gasteiger partial charge in [0.05, 0.1) is 0 Å². The monoisotopic (exact) mass is 508 g/mol. The van der Waals surface area contributed by atoms with Crippen molar-refractivity contribution in [3.05, 3.63) is 101 Å². The van der Waals surface area contributed by atoms with Crippen molar-refractivity contribution in [2.45, 2.75) is 57.1 Å². The highest BCUT2D eigenvalue weighted by Crippen LogP contribution is 2.23. The lowest BCUT2D eigenvalue weighted by Crippen LogP contribution is -2.52. The topological polar surface area (TPSA) is 49.4 Å². The van der Waals surface area contributed by atoms with Gasteiger partial charge in [0.2, 0.25) is 11.8 Å². The van der Waals surface area contributed by atoms with Gasteiger partial charge in [0.1, 0.15) is 6.04 Å². The van der Waals surface area contributed by atoms with E-state index in [1.54, 1.807) is 16.7 Å². The average Bonchev–Trinajstić information content (AvgIpc) is 2.83. The average molecular weight is 509 g/mol. The number of hydrogen-bond acceptors (Lipinski definition) is 3. The fraction of sp³-hybridized carbons (Fsp3) is 0.310. The van der Waals surface area contributed by atoms with Gasteiger partial charge in [-0.05, 0) is 61.7 Å². The van der Waals surface area contributed by atoms with Crippen LogP contribution < -0.4 is 5.32 Å². The molecule has 3 rings (SSSR count). The number of benzene rings is 3. The van der Waals surface area contributed by atoms with E-state index in [-0.39, 0.29) is 17.9 Å². The molecule has 0 spiro atoms. The maximum Gasteiger partial charge on any atom is 0.243 e. The van der Waals surface area contributed by atoms with E-state index < -0.39 is 6.04 Å². The molecule has 0 aliphatic heterocycles. The zero-order chi connectivity index (χ0) is 25.2. The minimum atomic E-state index is -0.604. The Morgan fingerprint density at radius 3 is 2.26 bits per heavy atom. The van der Waals surface area contributed by atoms with Gasteiger partial charge < -0.3 is 10.2 Å². The summed E-state index contributed by atoms with van der Waals surface area (Å²) in [5.41, 5.74) is 3.17. The van der Waals surface area contributed by atoms with E-state index in [1.807, 2.05) is 99.6 Å². The molecular weight excluding hydrogens is 476 g/mol. The molecule has 1 atom stereocenters. The molecule has 2 amide bonds. The van der Waals surface area contributed by atoms with Gasteiger partial charge in [-0.3, -0.25) is 9.59 Å². The second-order valence-corrected chi connectivity index (χ2v) is 10.5. The molecule has 0 radical (unpaired) electrons. The van der Waals surface area contributed by atoms with Gasteiger partial charge in [-0.2, -0.15) is 0 Å². The van der Waals surface area contributed by atoms with Crippen LogP contribution >= 0.6 is 23.4 Å². The van der Waals surface area contributed by atoms with Crippen LogP contribution in [0.5, 0.6) is 0 Å². The number of nitrogens with zero attached hydrogens (tertiary/aromatic N) is 1. The van der Waals surface area contributed by atoms with Crippen molar-refractivity contribution >= 4 is 35.2 Å². The van der Waals surface area contributed by atoms with Crippen molar-refractivity contribution in [2.75, 3.05) is 5.75 Å². The number of carbonyl (C=O) groups excluding carboxylic acids is 2. The highest BCUT2D eigenvalue weighted by molar-refractivity contribution is 7.99. The van der Waals surface area contributed by atoms with Crippen LogP contribution in [0.3, 0.4) is 0 Å². The Hall–Kier alpha value is -2.76. The Kier molecular flexibility index (Phi) is 10.2. The van der Waals surface area contributed by atoms with Gasteiger partial charge >= 0.3 is 0 Å². The summed E-state index contributed by atoms with van der Waals surface area (Å²) in [7, 11) is 0. The fourth-order valence-corrected chi connectivity index (χ4v) is 4.80. The summed E-state index contributed by atoms with van der Waals surface area (Å²) in [4.78, 5) is 29.8. The molecule has 0 unspecified atom stereocenters. The summed E-state index contributed by atoms with van der Waals surface area (Å²) in [6.45, 7) is 6.30. The van der Waals surface area contributed by atoms with E-state index in [0.29, 0.717) is 30.2 Å². The van der Waals surface area contributed by atoms with E-state index in [1.165, 1.54) is 0 Å². The summed E-state index contributed by atoms with van der Waals surface area (Å²) < 4.78 is 0. The standard InChI is InChI=1S/C29H33ClN2O2S/c1-21(2)31-29(34)27(19-23-10-5-4-6-11-23)32(20-24-12-8-7-9-22(24)3)28(33)17-18-35-26-15-13-25(30)14-16-26/h4-16,21,27H,17-20H2,1-3H3,(H,31,34)/t27-/m0/s1. The van der Waals surface area contributed by atoms with Crippen LogP contribution in [0.4, 0.5) is 0 Å². The van der Waals surface area contributed by atoms with Crippen molar-refractivity contribution in [3.63, 3.8) is 0 Å². The van der Waals surface area contributed by atoms with Gasteiger partial charge in [-0.1, -0.05) is 66.2 Å². The summed E-state index contributed by atoms with van der Waals surface area (Å²) in [6, 6.07) is 24.9. The van der Waals surface area contributed by atoms with Crippen LogP contribution in [0.15, 0.2) is 83.8 Å². The van der Waals surface area contributed by atoms with Crippen LogP contribution in [-0.2, 0) is 22.6 Å². The lowest BCUT2D eigenvalue weighted by Gasteiger charge is -2.32. The molecule has 184 valence electrons. The van der Waals surface area contributed by atoms with E-state index in [9.17, 15) is 9.59 Å². The minimum Gasteiger partial charge on any atom is -0.352 e. The minimum absolute atomic E-state index is 0.0170. The molecule has 35 heavy (non-hydrogen) atoms. The van der Waals surface area contributed by atoms with E-state index >= 15 is 0 Å². The molecule has 0 aliphatic carbocycles. The third kappa shape index (κ3) is 8.44. The zero-order valence-electron chi connectivity index (χ0n) is 20.5. The first-order chi connectivity index (χ1) is 16.8. The quantitative estimate of drug-likeness (QED) is 0.309. The predicted molar refractivity (Wildman–Crippen MR) is 146 cm³/mol. The first kappa shape index (κ1) is 26.8. The first-order valence-electron chi connectivity index (χ1n) is 11.9. The van der Waals surface area contributed by atoms with E-state index in [4.69, 9.17) is 11.6 Å². The van der Waals surface area contributed by atoms with Gasteiger partial charge in [-0.15, -0.1) is 11.8 Å². The number of thioether (sulfide) groups is 1. The fourth-order valence-electron chi connectivity index (χ4n) is 3.84. The van der Waals surface area contributed by atoms with Gasteiger partial charge in [0, 0.05) is 41.1 Å². The second kappa shape index (κ2) is 13.4. The Balaban J connectivity index is 1.85. The normalized spacial score (nSPS) is 11.8. The van der Waals surface area contributed by atoms with E-state index in [0.717, 1.165) is 21.6 Å². The summed E-state index contributed by atoms with van der Waals surface area (Å²) in [5, 5.41) is 3.73. The SMILES string of the molecule is Cc1ccccc1CN(C(=O)CCSc1ccc(Cl)cc1)[C@@H](Cc1ccccc1)C(=O)NC(C)C. The second-order valence-electron chi connectivity index (χ2n) is 8.87. The van der Waals surface area contributed by atoms with Crippen molar-refractivity contribution < 1.29 is 9.59 Å². The Morgan fingerprint density at radius 2 is 1.60 bits per heavy atom. The summed E-state index contributed by atoms with van der Waals surface area (Å²) >= 11 is 7.60. The van der Waals surface area contributed by atoms with Crippen molar-refractivity contribution in [2.24, 2.45) is 0 Å². The Morgan fingerprint density at radius 1 is 0.943 bits per heavy atom. The maximum atomic E-state index is 13.6. The molecule has 3 aromatic rings. The van der Waals surface area contributed by atoms with Crippen molar-refractivity contribution in [3.8, 4) is 0 Å². The number of nitrogens with one attached hydrogen (secondary N) is 1. The zero-order valence-corrected chi connectivity index (χ0v) is 22.1. The first-order valence-corrected chi connectivity index (χ1v) is 13.3. The number of amides is 2. The van der Waals surface area contributed by atoms with Crippen LogP contribution in [0, 0.1) is 6.92 Å². The Labute approximate surface area is 218 Å². The highest BCUT2D eigenvalue weighted by atomic mass is 35.5. The molecule has 0 bridgehead atoms. The van der Waals surface area contributed by atoms with Crippen molar-refractivity contribution in [1.82, 2.24) is 10.2 Å². The number of aryl methyl sites for hydroxylation is 1. The maximum absolute atomic E-state index is 13.6. The van der Waals surface area contributed by atoms with Crippen LogP contribution in [0.25, 0.3) is 0 Å². The van der Waals surface area contributed by atoms with Gasteiger partial charge in [0.15, 0.2) is 0 Å². The lowest BCUT2D eigenvalue weighted by molar-refractivity contribution is -0.141. The molecule has 0 fully saturated rings. The van der Waals surface area contributed by atoms with E-state index in [2.05, 4.69) is 5.32 Å². The summed E-state index contributed by atoms with van der Waals surface area (Å²) in [6.07, 6.45) is 0.792. The number of hydrogen-bond donors (Lipinski definition) is 1. The lowest BCUT2D eigenvalue weighted by atomic mass is 10.0. The number of carbonyl (C=O) groups is 2. The third-order valence-electron chi connectivity index (χ3n) is 5.70. The third-order valence-corrected chi connectivity index (χ3v) is 6.97. The van der Waals surface area contributed by atoms with Crippen LogP contribution in [0.2, 0.25) is 5.02 Å². The molecule has 0 saturated heterocycles. The predicted octanol–water partition coefficient (Wildman–Crippen LogP) is 6.30. The highest BCUT2D eigenvalue weighted by Gasteiger charge is 2.30. The van der Waals surface area contributed by atoms with Crippen LogP contribution in [-0.4, -0.2) is 34.6 Å².